The molecule has 0 radical (unpaired) electrons. The molecular formula is C38H46F2N4O4. The highest BCUT2D eigenvalue weighted by Crippen LogP contribution is 2.20. The van der Waals surface area contributed by atoms with Crippen LogP contribution in [-0.2, 0) is 13.2 Å². The first-order chi connectivity index (χ1) is 22.5. The van der Waals surface area contributed by atoms with Crippen molar-refractivity contribution in [2.45, 2.75) is 80.7 Å². The second kappa shape index (κ2) is 16.8. The molecule has 0 aliphatic rings. The zero-order valence-electron chi connectivity index (χ0n) is 28.9. The van der Waals surface area contributed by atoms with Crippen molar-refractivity contribution in [3.8, 4) is 11.8 Å². The number of ether oxygens (including phenoxy) is 2. The SMILES string of the molecule is C[C@@H](NC(=O)c1ccc(OCc2cccc(F)c2)nc1)C(C)(C)C.C[C@@H](NC(=O)c1ccc(OCc2cccc(F)c2)nc1)C(C)(C)C. The lowest BCUT2D eigenvalue weighted by Gasteiger charge is -2.28. The van der Waals surface area contributed by atoms with Crippen LogP contribution < -0.4 is 20.1 Å². The Bertz CT molecular complexity index is 1510. The fourth-order valence-electron chi connectivity index (χ4n) is 3.76. The van der Waals surface area contributed by atoms with Crippen LogP contribution >= 0.6 is 0 Å². The molecule has 2 heterocycles. The topological polar surface area (TPSA) is 102 Å². The highest BCUT2D eigenvalue weighted by molar-refractivity contribution is 5.94. The minimum Gasteiger partial charge on any atom is -0.473 e. The lowest BCUT2D eigenvalue weighted by atomic mass is 9.88. The molecule has 2 aromatic heterocycles. The summed E-state index contributed by atoms with van der Waals surface area (Å²) in [4.78, 5) is 32.7. The molecule has 0 aliphatic heterocycles. The molecule has 0 saturated carbocycles. The van der Waals surface area contributed by atoms with Crippen LogP contribution in [0, 0.1) is 22.5 Å². The number of hydrogen-bond acceptors (Lipinski definition) is 6. The molecule has 2 N–H and O–H groups in total. The van der Waals surface area contributed by atoms with E-state index in [2.05, 4.69) is 62.1 Å². The van der Waals surface area contributed by atoms with Gasteiger partial charge in [-0.05, 0) is 72.2 Å². The normalized spacial score (nSPS) is 12.5. The minimum absolute atomic E-state index is 0.0168. The zero-order chi connectivity index (χ0) is 35.5. The number of amides is 2. The molecular weight excluding hydrogens is 614 g/mol. The summed E-state index contributed by atoms with van der Waals surface area (Å²) in [7, 11) is 0. The summed E-state index contributed by atoms with van der Waals surface area (Å²) in [5, 5.41) is 5.92. The lowest BCUT2D eigenvalue weighted by molar-refractivity contribution is 0.0902. The van der Waals surface area contributed by atoms with Crippen molar-refractivity contribution in [3.05, 3.63) is 119 Å². The van der Waals surface area contributed by atoms with Crippen LogP contribution in [0.1, 0.15) is 87.2 Å². The van der Waals surface area contributed by atoms with E-state index < -0.39 is 0 Å². The quantitative estimate of drug-likeness (QED) is 0.179. The van der Waals surface area contributed by atoms with E-state index in [-0.39, 0.29) is 59.6 Å². The standard InChI is InChI=1S/2C19H23FN2O2/c2*1-13(19(2,3)4)22-18(23)15-8-9-17(21-11-15)24-12-14-6-5-7-16(20)10-14/h2*5-11,13H,12H2,1-4H3,(H,22,23)/t2*13-/m11/s1. The Morgan fingerprint density at radius 3 is 1.31 bits per heavy atom. The first-order valence-corrected chi connectivity index (χ1v) is 15.8. The van der Waals surface area contributed by atoms with E-state index in [1.165, 1.54) is 36.7 Å². The van der Waals surface area contributed by atoms with Crippen molar-refractivity contribution < 1.29 is 27.8 Å². The number of carbonyl (C=O) groups is 2. The molecule has 2 amide bonds. The van der Waals surface area contributed by atoms with Crippen molar-refractivity contribution >= 4 is 11.8 Å². The van der Waals surface area contributed by atoms with Crippen molar-refractivity contribution in [1.29, 1.82) is 0 Å². The number of benzene rings is 2. The predicted octanol–water partition coefficient (Wildman–Crippen LogP) is 7.93. The first-order valence-electron chi connectivity index (χ1n) is 15.8. The lowest BCUT2D eigenvalue weighted by Crippen LogP contribution is -2.41. The van der Waals surface area contributed by atoms with Gasteiger partial charge in [-0.1, -0.05) is 65.8 Å². The molecule has 0 aliphatic carbocycles. The van der Waals surface area contributed by atoms with Gasteiger partial charge >= 0.3 is 0 Å². The highest BCUT2D eigenvalue weighted by atomic mass is 19.1. The molecule has 0 bridgehead atoms. The fourth-order valence-corrected chi connectivity index (χ4v) is 3.76. The van der Waals surface area contributed by atoms with Crippen LogP contribution in [0.5, 0.6) is 11.8 Å². The Hall–Kier alpha value is -4.86. The molecule has 8 nitrogen and oxygen atoms in total. The van der Waals surface area contributed by atoms with Gasteiger partial charge in [0.1, 0.15) is 24.8 Å². The Balaban J connectivity index is 0.000000260. The summed E-state index contributed by atoms with van der Waals surface area (Å²) in [5.74, 6) is -0.157. The van der Waals surface area contributed by atoms with Gasteiger partial charge in [0.2, 0.25) is 11.8 Å². The van der Waals surface area contributed by atoms with Crippen LogP contribution in [-0.4, -0.2) is 33.9 Å². The fraction of sp³-hybridized carbons (Fsp3) is 0.368. The number of nitrogens with zero attached hydrogens (tertiary/aromatic N) is 2. The number of carbonyl (C=O) groups excluding carboxylic acids is 2. The third-order valence-corrected chi connectivity index (χ3v) is 7.84. The maximum Gasteiger partial charge on any atom is 0.253 e. The number of pyridine rings is 2. The molecule has 256 valence electrons. The van der Waals surface area contributed by atoms with Crippen LogP contribution in [0.15, 0.2) is 85.2 Å². The summed E-state index contributed by atoms with van der Waals surface area (Å²) in [6, 6.07) is 19.1. The molecule has 0 saturated heterocycles. The molecule has 0 fully saturated rings. The van der Waals surface area contributed by atoms with Gasteiger partial charge in [-0.25, -0.2) is 18.7 Å². The van der Waals surface area contributed by atoms with Gasteiger partial charge in [-0.2, -0.15) is 0 Å². The molecule has 0 unspecified atom stereocenters. The highest BCUT2D eigenvalue weighted by Gasteiger charge is 2.23. The minimum atomic E-state index is -0.302. The van der Waals surface area contributed by atoms with E-state index in [9.17, 15) is 18.4 Å². The average molecular weight is 661 g/mol. The summed E-state index contributed by atoms with van der Waals surface area (Å²) in [6.07, 6.45) is 2.96. The van der Waals surface area contributed by atoms with Crippen LogP contribution in [0.4, 0.5) is 8.78 Å². The number of nitrogens with one attached hydrogen (secondary N) is 2. The summed E-state index contributed by atoms with van der Waals surface area (Å²) in [5.41, 5.74) is 2.36. The molecule has 4 aromatic rings. The van der Waals surface area contributed by atoms with Crippen molar-refractivity contribution in [2.75, 3.05) is 0 Å². The van der Waals surface area contributed by atoms with E-state index in [1.54, 1.807) is 48.5 Å². The zero-order valence-corrected chi connectivity index (χ0v) is 28.9. The van der Waals surface area contributed by atoms with Gasteiger partial charge in [-0.3, -0.25) is 9.59 Å². The van der Waals surface area contributed by atoms with Gasteiger partial charge in [0.15, 0.2) is 0 Å². The van der Waals surface area contributed by atoms with Crippen LogP contribution in [0.3, 0.4) is 0 Å². The number of halogens is 2. The van der Waals surface area contributed by atoms with Gasteiger partial charge in [0.05, 0.1) is 11.1 Å². The Morgan fingerprint density at radius 1 is 0.646 bits per heavy atom. The third kappa shape index (κ3) is 12.4. The van der Waals surface area contributed by atoms with E-state index >= 15 is 0 Å². The molecule has 2 aromatic carbocycles. The van der Waals surface area contributed by atoms with Gasteiger partial charge in [-0.15, -0.1) is 0 Å². The van der Waals surface area contributed by atoms with Gasteiger partial charge in [0, 0.05) is 36.6 Å². The summed E-state index contributed by atoms with van der Waals surface area (Å²) < 4.78 is 37.2. The summed E-state index contributed by atoms with van der Waals surface area (Å²) >= 11 is 0. The Morgan fingerprint density at radius 2 is 1.02 bits per heavy atom. The third-order valence-electron chi connectivity index (χ3n) is 7.84. The largest absolute Gasteiger partial charge is 0.473 e. The van der Waals surface area contributed by atoms with Gasteiger partial charge < -0.3 is 20.1 Å². The smallest absolute Gasteiger partial charge is 0.253 e. The molecule has 0 spiro atoms. The van der Waals surface area contributed by atoms with Crippen molar-refractivity contribution in [1.82, 2.24) is 20.6 Å². The monoisotopic (exact) mass is 660 g/mol. The van der Waals surface area contributed by atoms with E-state index in [1.807, 2.05) is 13.8 Å². The first kappa shape index (κ1) is 37.6. The van der Waals surface area contributed by atoms with Crippen molar-refractivity contribution in [3.63, 3.8) is 0 Å². The maximum absolute atomic E-state index is 13.1. The second-order valence-corrected chi connectivity index (χ2v) is 13.7. The summed E-state index contributed by atoms with van der Waals surface area (Å²) in [6.45, 7) is 16.8. The molecule has 48 heavy (non-hydrogen) atoms. The number of aromatic nitrogens is 2. The van der Waals surface area contributed by atoms with Crippen LogP contribution in [0.25, 0.3) is 0 Å². The van der Waals surface area contributed by atoms with Crippen molar-refractivity contribution in [2.24, 2.45) is 10.8 Å². The maximum atomic E-state index is 13.1. The number of hydrogen-bond donors (Lipinski definition) is 2. The Kier molecular flexibility index (Phi) is 13.2. The van der Waals surface area contributed by atoms with E-state index in [0.717, 1.165) is 11.1 Å². The second-order valence-electron chi connectivity index (χ2n) is 13.7. The predicted molar refractivity (Wildman–Crippen MR) is 183 cm³/mol. The van der Waals surface area contributed by atoms with E-state index in [0.29, 0.717) is 22.9 Å². The molecule has 4 rings (SSSR count). The van der Waals surface area contributed by atoms with Crippen LogP contribution in [0.2, 0.25) is 0 Å². The molecule has 10 heteroatoms. The average Bonchev–Trinajstić information content (AvgIpc) is 3.02. The van der Waals surface area contributed by atoms with Gasteiger partial charge in [0.25, 0.3) is 11.8 Å². The molecule has 2 atom stereocenters. The number of rotatable bonds is 10. The van der Waals surface area contributed by atoms with E-state index in [4.69, 9.17) is 9.47 Å². The Labute approximate surface area is 282 Å².